The number of hydrogen-bond donors (Lipinski definition) is 0. The van der Waals surface area contributed by atoms with E-state index in [9.17, 15) is 0 Å². The van der Waals surface area contributed by atoms with Crippen molar-refractivity contribution in [2.45, 2.75) is 26.2 Å². The van der Waals surface area contributed by atoms with Crippen molar-refractivity contribution < 1.29 is 0 Å². The molecule has 1 nitrogen and oxygen atoms in total. The van der Waals surface area contributed by atoms with Crippen LogP contribution in [0.25, 0.3) is 11.1 Å². The molecule has 0 atom stereocenters. The Morgan fingerprint density at radius 1 is 1.19 bits per heavy atom. The molecule has 2 rings (SSSR count). The van der Waals surface area contributed by atoms with Crippen LogP contribution in [0.15, 0.2) is 42.7 Å². The Labute approximate surface area is 97.2 Å². The molecule has 0 saturated carbocycles. The Kier molecular flexibility index (Phi) is 3.71. The van der Waals surface area contributed by atoms with E-state index in [0.717, 1.165) is 12.0 Å². The Balaban J connectivity index is 2.22. The fourth-order valence-electron chi connectivity index (χ4n) is 1.75. The second-order valence-electron chi connectivity index (χ2n) is 3.95. The SMILES string of the molecule is CCCCc1cc[c]c(-c2ccncc2)c1. The van der Waals surface area contributed by atoms with E-state index in [1.165, 1.54) is 24.0 Å². The molecule has 0 aliphatic carbocycles. The van der Waals surface area contributed by atoms with Gasteiger partial charge in [0.05, 0.1) is 0 Å². The first kappa shape index (κ1) is 10.9. The summed E-state index contributed by atoms with van der Waals surface area (Å²) in [6.45, 7) is 2.22. The number of aromatic nitrogens is 1. The molecule has 1 aromatic carbocycles. The van der Waals surface area contributed by atoms with E-state index in [2.05, 4.69) is 30.1 Å². The van der Waals surface area contributed by atoms with Gasteiger partial charge in [0.2, 0.25) is 0 Å². The van der Waals surface area contributed by atoms with E-state index in [1.54, 1.807) is 0 Å². The van der Waals surface area contributed by atoms with Gasteiger partial charge in [-0.15, -0.1) is 0 Å². The number of pyridine rings is 1. The smallest absolute Gasteiger partial charge is 0.0273 e. The molecule has 81 valence electrons. The Morgan fingerprint density at radius 2 is 2.00 bits per heavy atom. The van der Waals surface area contributed by atoms with Gasteiger partial charge in [-0.2, -0.15) is 0 Å². The van der Waals surface area contributed by atoms with E-state index in [1.807, 2.05) is 30.6 Å². The maximum Gasteiger partial charge on any atom is 0.0273 e. The van der Waals surface area contributed by atoms with E-state index in [4.69, 9.17) is 0 Å². The summed E-state index contributed by atoms with van der Waals surface area (Å²) >= 11 is 0. The molecule has 16 heavy (non-hydrogen) atoms. The predicted octanol–water partition coefficient (Wildman–Crippen LogP) is 3.89. The molecule has 0 amide bonds. The number of unbranched alkanes of at least 4 members (excludes halogenated alkanes) is 1. The van der Waals surface area contributed by atoms with Crippen LogP contribution < -0.4 is 0 Å². The van der Waals surface area contributed by atoms with Crippen molar-refractivity contribution in [1.29, 1.82) is 0 Å². The summed E-state index contributed by atoms with van der Waals surface area (Å²) in [5.74, 6) is 0. The lowest BCUT2D eigenvalue weighted by Crippen LogP contribution is -1.86. The fraction of sp³-hybridized carbons (Fsp3) is 0.267. The summed E-state index contributed by atoms with van der Waals surface area (Å²) in [5.41, 5.74) is 3.75. The zero-order valence-corrected chi connectivity index (χ0v) is 9.61. The molecule has 0 fully saturated rings. The average Bonchev–Trinajstić information content (AvgIpc) is 2.38. The highest BCUT2D eigenvalue weighted by molar-refractivity contribution is 5.62. The van der Waals surface area contributed by atoms with Crippen molar-refractivity contribution >= 4 is 0 Å². The molecule has 0 aliphatic heterocycles. The van der Waals surface area contributed by atoms with Crippen molar-refractivity contribution in [3.63, 3.8) is 0 Å². The van der Waals surface area contributed by atoms with Crippen LogP contribution >= 0.6 is 0 Å². The van der Waals surface area contributed by atoms with Crippen LogP contribution in [0.2, 0.25) is 0 Å². The number of benzene rings is 1. The minimum absolute atomic E-state index is 1.16. The molecule has 0 aliphatic rings. The van der Waals surface area contributed by atoms with Gasteiger partial charge in [-0.1, -0.05) is 31.5 Å². The van der Waals surface area contributed by atoms with Crippen LogP contribution in [0, 0.1) is 6.07 Å². The zero-order chi connectivity index (χ0) is 11.2. The van der Waals surface area contributed by atoms with Gasteiger partial charge in [0.25, 0.3) is 0 Å². The van der Waals surface area contributed by atoms with Crippen molar-refractivity contribution in [1.82, 2.24) is 4.98 Å². The Bertz CT molecular complexity index is 434. The molecule has 0 bridgehead atoms. The molecule has 0 N–H and O–H groups in total. The Morgan fingerprint density at radius 3 is 2.75 bits per heavy atom. The highest BCUT2D eigenvalue weighted by Crippen LogP contribution is 2.19. The standard InChI is InChI=1S/C15H16N/c1-2-3-5-13-6-4-7-15(12-13)14-8-10-16-11-9-14/h4,6,8-12H,2-3,5H2,1H3. The van der Waals surface area contributed by atoms with Crippen molar-refractivity contribution in [2.75, 3.05) is 0 Å². The van der Waals surface area contributed by atoms with Gasteiger partial charge < -0.3 is 0 Å². The Hall–Kier alpha value is -1.63. The van der Waals surface area contributed by atoms with Gasteiger partial charge in [0, 0.05) is 12.4 Å². The lowest BCUT2D eigenvalue weighted by atomic mass is 10.0. The number of rotatable bonds is 4. The molecule has 1 heterocycles. The molecule has 0 spiro atoms. The maximum atomic E-state index is 4.03. The summed E-state index contributed by atoms with van der Waals surface area (Å²) in [6, 6.07) is 13.7. The third kappa shape index (κ3) is 2.69. The highest BCUT2D eigenvalue weighted by Gasteiger charge is 1.98. The predicted molar refractivity (Wildman–Crippen MR) is 67.1 cm³/mol. The first-order chi connectivity index (χ1) is 7.90. The molecule has 1 aromatic heterocycles. The van der Waals surface area contributed by atoms with Crippen LogP contribution in [-0.4, -0.2) is 4.98 Å². The molecule has 0 saturated heterocycles. The van der Waals surface area contributed by atoms with E-state index in [0.29, 0.717) is 0 Å². The van der Waals surface area contributed by atoms with Crippen LogP contribution in [0.3, 0.4) is 0 Å². The third-order valence-corrected chi connectivity index (χ3v) is 2.68. The van der Waals surface area contributed by atoms with Crippen molar-refractivity contribution in [3.05, 3.63) is 54.4 Å². The van der Waals surface area contributed by atoms with Crippen LogP contribution in [0.5, 0.6) is 0 Å². The first-order valence-electron chi connectivity index (χ1n) is 5.81. The van der Waals surface area contributed by atoms with E-state index in [-0.39, 0.29) is 0 Å². The van der Waals surface area contributed by atoms with E-state index >= 15 is 0 Å². The van der Waals surface area contributed by atoms with Gasteiger partial charge in [-0.05, 0) is 47.7 Å². The topological polar surface area (TPSA) is 12.9 Å². The van der Waals surface area contributed by atoms with Crippen molar-refractivity contribution in [3.8, 4) is 11.1 Å². The summed E-state index contributed by atoms with van der Waals surface area (Å²) in [6.07, 6.45) is 7.29. The minimum Gasteiger partial charge on any atom is -0.265 e. The second kappa shape index (κ2) is 5.45. The first-order valence-corrected chi connectivity index (χ1v) is 5.81. The molecular weight excluding hydrogens is 194 g/mol. The van der Waals surface area contributed by atoms with Gasteiger partial charge in [-0.3, -0.25) is 4.98 Å². The summed E-state index contributed by atoms with van der Waals surface area (Å²) in [4.78, 5) is 4.03. The summed E-state index contributed by atoms with van der Waals surface area (Å²) in [7, 11) is 0. The number of nitrogens with zero attached hydrogens (tertiary/aromatic N) is 1. The lowest BCUT2D eigenvalue weighted by Gasteiger charge is -2.04. The van der Waals surface area contributed by atoms with Crippen LogP contribution in [-0.2, 0) is 6.42 Å². The summed E-state index contributed by atoms with van der Waals surface area (Å²) in [5, 5.41) is 0. The van der Waals surface area contributed by atoms with Crippen molar-refractivity contribution in [2.24, 2.45) is 0 Å². The van der Waals surface area contributed by atoms with Gasteiger partial charge >= 0.3 is 0 Å². The van der Waals surface area contributed by atoms with Gasteiger partial charge in [0.1, 0.15) is 0 Å². The third-order valence-electron chi connectivity index (χ3n) is 2.68. The maximum absolute atomic E-state index is 4.03. The quantitative estimate of drug-likeness (QED) is 0.746. The highest BCUT2D eigenvalue weighted by atomic mass is 14.6. The molecule has 2 aromatic rings. The molecule has 1 heteroatoms. The van der Waals surface area contributed by atoms with Gasteiger partial charge in [-0.25, -0.2) is 0 Å². The summed E-state index contributed by atoms with van der Waals surface area (Å²) < 4.78 is 0. The normalized spacial score (nSPS) is 10.3. The minimum atomic E-state index is 1.16. The molecule has 0 unspecified atom stereocenters. The largest absolute Gasteiger partial charge is 0.265 e. The average molecular weight is 210 g/mol. The lowest BCUT2D eigenvalue weighted by molar-refractivity contribution is 0.795. The van der Waals surface area contributed by atoms with Gasteiger partial charge in [0.15, 0.2) is 0 Å². The molecular formula is C15H16N. The second-order valence-corrected chi connectivity index (χ2v) is 3.95. The zero-order valence-electron chi connectivity index (χ0n) is 9.61. The fourth-order valence-corrected chi connectivity index (χ4v) is 1.75. The number of hydrogen-bond acceptors (Lipinski definition) is 1. The van der Waals surface area contributed by atoms with Crippen LogP contribution in [0.1, 0.15) is 25.3 Å². The monoisotopic (exact) mass is 210 g/mol. The van der Waals surface area contributed by atoms with E-state index < -0.39 is 0 Å². The van der Waals surface area contributed by atoms with Crippen LogP contribution in [0.4, 0.5) is 0 Å². The number of aryl methyl sites for hydroxylation is 1. The molecule has 1 radical (unpaired) electrons.